The number of carbonyl (C=O) groups excluding carboxylic acids is 1. The second-order valence-electron chi connectivity index (χ2n) is 14.9. The third-order valence-corrected chi connectivity index (χ3v) is 11.9. The van der Waals surface area contributed by atoms with Crippen molar-refractivity contribution in [3.8, 4) is 0 Å². The van der Waals surface area contributed by atoms with Crippen molar-refractivity contribution in [2.24, 2.45) is 46.3 Å². The van der Waals surface area contributed by atoms with Crippen molar-refractivity contribution in [3.63, 3.8) is 0 Å². The van der Waals surface area contributed by atoms with E-state index in [0.717, 1.165) is 68.3 Å². The van der Waals surface area contributed by atoms with Gasteiger partial charge in [-0.1, -0.05) is 78.9 Å². The van der Waals surface area contributed by atoms with Gasteiger partial charge in [0.05, 0.1) is 19.8 Å². The highest BCUT2D eigenvalue weighted by Crippen LogP contribution is 2.67. The van der Waals surface area contributed by atoms with Crippen LogP contribution in [-0.2, 0) is 18.9 Å². The van der Waals surface area contributed by atoms with E-state index >= 15 is 0 Å². The van der Waals surface area contributed by atoms with Gasteiger partial charge in [-0.05, 0) is 104 Å². The Hall–Kier alpha value is -1.07. The zero-order valence-electron chi connectivity index (χ0n) is 27.4. The molecule has 3 saturated carbocycles. The van der Waals surface area contributed by atoms with Crippen molar-refractivity contribution in [3.05, 3.63) is 11.6 Å². The third-order valence-electron chi connectivity index (χ3n) is 11.9. The van der Waals surface area contributed by atoms with Crippen molar-refractivity contribution in [1.82, 2.24) is 0 Å². The summed E-state index contributed by atoms with van der Waals surface area (Å²) in [5, 5.41) is 0. The molecule has 0 spiro atoms. The normalized spacial score (nSPS) is 35.3. The van der Waals surface area contributed by atoms with E-state index in [4.69, 9.17) is 18.9 Å². The van der Waals surface area contributed by atoms with Crippen molar-refractivity contribution >= 4 is 6.16 Å². The summed E-state index contributed by atoms with van der Waals surface area (Å²) in [6, 6.07) is 0. The summed E-state index contributed by atoms with van der Waals surface area (Å²) in [4.78, 5) is 12.5. The van der Waals surface area contributed by atoms with Gasteiger partial charge >= 0.3 is 6.16 Å². The molecule has 4 unspecified atom stereocenters. The molecule has 5 nitrogen and oxygen atoms in total. The Kier molecular flexibility index (Phi) is 12.1. The number of allylic oxidation sites excluding steroid dienone is 2. The number of hydrogen-bond acceptors (Lipinski definition) is 5. The minimum absolute atomic E-state index is 0.0538. The molecule has 0 aliphatic heterocycles. The molecule has 5 heteroatoms. The average molecular weight is 575 g/mol. The number of carbonyl (C=O) groups is 1. The lowest BCUT2D eigenvalue weighted by atomic mass is 9.47. The number of fused-ring (bicyclic) bond motifs is 5. The van der Waals surface area contributed by atoms with Crippen LogP contribution >= 0.6 is 0 Å². The maximum Gasteiger partial charge on any atom is 0.508 e. The zero-order chi connectivity index (χ0) is 29.5. The fourth-order valence-electron chi connectivity index (χ4n) is 9.77. The Balaban J connectivity index is 1.26. The van der Waals surface area contributed by atoms with E-state index in [1.165, 1.54) is 51.4 Å². The molecule has 8 atom stereocenters. The number of unbranched alkanes of at least 4 members (excludes halogenated alkanes) is 1. The largest absolute Gasteiger partial charge is 0.508 e. The first kappa shape index (κ1) is 32.8. The van der Waals surface area contributed by atoms with Crippen molar-refractivity contribution in [1.29, 1.82) is 0 Å². The summed E-state index contributed by atoms with van der Waals surface area (Å²) >= 11 is 0. The molecule has 0 aromatic heterocycles. The van der Waals surface area contributed by atoms with Crippen LogP contribution in [0.25, 0.3) is 0 Å². The van der Waals surface area contributed by atoms with Crippen LogP contribution in [0.3, 0.4) is 0 Å². The van der Waals surface area contributed by atoms with Crippen LogP contribution < -0.4 is 0 Å². The van der Waals surface area contributed by atoms with Crippen molar-refractivity contribution in [2.45, 2.75) is 131 Å². The Bertz CT molecular complexity index is 853. The van der Waals surface area contributed by atoms with Crippen LogP contribution in [0.15, 0.2) is 11.6 Å². The summed E-state index contributed by atoms with van der Waals surface area (Å²) in [5.41, 5.74) is 2.29. The maximum atomic E-state index is 12.5. The first-order valence-corrected chi connectivity index (χ1v) is 17.4. The molecule has 0 heterocycles. The first-order valence-electron chi connectivity index (χ1n) is 17.4. The monoisotopic (exact) mass is 574 g/mol. The lowest BCUT2D eigenvalue weighted by Gasteiger charge is -2.58. The molecule has 0 aromatic rings. The van der Waals surface area contributed by atoms with Gasteiger partial charge in [-0.3, -0.25) is 0 Å². The summed E-state index contributed by atoms with van der Waals surface area (Å²) in [6.07, 6.45) is 18.1. The van der Waals surface area contributed by atoms with E-state index < -0.39 is 6.16 Å². The van der Waals surface area contributed by atoms with E-state index in [1.54, 1.807) is 5.57 Å². The quantitative estimate of drug-likeness (QED) is 0.111. The van der Waals surface area contributed by atoms with Crippen LogP contribution in [-0.4, -0.2) is 45.3 Å². The van der Waals surface area contributed by atoms with Gasteiger partial charge in [0.2, 0.25) is 0 Å². The molecule has 236 valence electrons. The predicted molar refractivity (Wildman–Crippen MR) is 166 cm³/mol. The van der Waals surface area contributed by atoms with E-state index in [1.807, 2.05) is 0 Å². The smallest absolute Gasteiger partial charge is 0.432 e. The molecule has 0 saturated heterocycles. The second-order valence-corrected chi connectivity index (χ2v) is 14.9. The zero-order valence-corrected chi connectivity index (χ0v) is 27.4. The van der Waals surface area contributed by atoms with Gasteiger partial charge in [0.15, 0.2) is 0 Å². The van der Waals surface area contributed by atoms with E-state index in [9.17, 15) is 4.79 Å². The van der Waals surface area contributed by atoms with Crippen molar-refractivity contribution < 1.29 is 23.7 Å². The van der Waals surface area contributed by atoms with E-state index in [0.29, 0.717) is 31.2 Å². The van der Waals surface area contributed by atoms with Gasteiger partial charge in [0, 0.05) is 6.61 Å². The molecule has 0 amide bonds. The SMILES string of the molecule is CCCCOCCOCCOC(=O)OC1CCC2=CCC3C(CC[C@@]4(C)C3CC[C@@H]4[C@H](C)CCCC(C)C)[C@@]2(C)C1. The summed E-state index contributed by atoms with van der Waals surface area (Å²) in [6.45, 7) is 17.1. The molecule has 3 fully saturated rings. The molecular weight excluding hydrogens is 512 g/mol. The molecule has 0 N–H and O–H groups in total. The van der Waals surface area contributed by atoms with E-state index in [-0.39, 0.29) is 18.1 Å². The third kappa shape index (κ3) is 7.91. The number of rotatable bonds is 15. The van der Waals surface area contributed by atoms with Crippen LogP contribution in [0, 0.1) is 46.3 Å². The number of hydrogen-bond donors (Lipinski definition) is 0. The highest BCUT2D eigenvalue weighted by molar-refractivity contribution is 5.60. The minimum Gasteiger partial charge on any atom is -0.432 e. The van der Waals surface area contributed by atoms with Gasteiger partial charge in [0.1, 0.15) is 12.7 Å². The average Bonchev–Trinajstić information content (AvgIpc) is 3.29. The highest BCUT2D eigenvalue weighted by Gasteiger charge is 2.59. The lowest BCUT2D eigenvalue weighted by Crippen LogP contribution is -2.51. The maximum absolute atomic E-state index is 12.5. The van der Waals surface area contributed by atoms with Gasteiger partial charge in [-0.15, -0.1) is 0 Å². The van der Waals surface area contributed by atoms with Crippen LogP contribution in [0.4, 0.5) is 4.79 Å². The molecule has 4 aliphatic carbocycles. The number of ether oxygens (including phenoxy) is 4. The minimum atomic E-state index is -0.539. The Morgan fingerprint density at radius 3 is 2.44 bits per heavy atom. The molecule has 4 aliphatic rings. The topological polar surface area (TPSA) is 54.0 Å². The lowest BCUT2D eigenvalue weighted by molar-refractivity contribution is -0.0719. The second kappa shape index (κ2) is 15.1. The molecular formula is C36H62O5. The van der Waals surface area contributed by atoms with Crippen LogP contribution in [0.1, 0.15) is 125 Å². The Labute approximate surface area is 251 Å². The van der Waals surface area contributed by atoms with Crippen molar-refractivity contribution in [2.75, 3.05) is 33.0 Å². The predicted octanol–water partition coefficient (Wildman–Crippen LogP) is 9.38. The fraction of sp³-hybridized carbons (Fsp3) is 0.917. The van der Waals surface area contributed by atoms with Gasteiger partial charge in [-0.25, -0.2) is 4.79 Å². The molecule has 0 radical (unpaired) electrons. The van der Waals surface area contributed by atoms with Gasteiger partial charge in [0.25, 0.3) is 0 Å². The van der Waals surface area contributed by atoms with E-state index in [2.05, 4.69) is 47.6 Å². The van der Waals surface area contributed by atoms with Gasteiger partial charge < -0.3 is 18.9 Å². The molecule has 0 bridgehead atoms. The molecule has 4 rings (SSSR count). The summed E-state index contributed by atoms with van der Waals surface area (Å²) in [7, 11) is 0. The highest BCUT2D eigenvalue weighted by atomic mass is 16.7. The molecule has 41 heavy (non-hydrogen) atoms. The first-order chi connectivity index (χ1) is 19.7. The Morgan fingerprint density at radius 1 is 0.927 bits per heavy atom. The summed E-state index contributed by atoms with van der Waals surface area (Å²) in [5.74, 6) is 4.88. The van der Waals surface area contributed by atoms with Crippen LogP contribution in [0.2, 0.25) is 0 Å². The fourth-order valence-corrected chi connectivity index (χ4v) is 9.77. The standard InChI is InChI=1S/C36H62O5/c1-7-8-20-38-21-22-39-23-24-40-34(37)41-29-14-12-28-13-15-30-32-17-16-31(27(4)11-9-10-26(2)3)35(32,5)19-18-33(30)36(28,6)25-29/h13,26-27,29-33H,7-12,14-25H2,1-6H3/t27-,29?,30?,31-,32?,33?,35-,36+/m1/s1. The summed E-state index contributed by atoms with van der Waals surface area (Å²) < 4.78 is 22.3. The Morgan fingerprint density at radius 2 is 1.68 bits per heavy atom. The molecule has 0 aromatic carbocycles. The van der Waals surface area contributed by atoms with Crippen LogP contribution in [0.5, 0.6) is 0 Å². The van der Waals surface area contributed by atoms with Gasteiger partial charge in [-0.2, -0.15) is 0 Å².